The Balaban J connectivity index is 2.33. The topological polar surface area (TPSA) is 32.3 Å². The molecule has 0 spiro atoms. The molecule has 2 nitrogen and oxygen atoms in total. The Bertz CT molecular complexity index is 574. The van der Waals surface area contributed by atoms with Gasteiger partial charge in [-0.2, -0.15) is 0 Å². The van der Waals surface area contributed by atoms with Crippen molar-refractivity contribution in [2.75, 3.05) is 11.9 Å². The number of benzene rings is 2. The van der Waals surface area contributed by atoms with Gasteiger partial charge in [-0.15, -0.1) is 0 Å². The Morgan fingerprint density at radius 2 is 1.70 bits per heavy atom. The number of aliphatic hydroxyl groups excluding tert-OH is 1. The minimum absolute atomic E-state index is 0.0778. The SMILES string of the molecule is Cc1ccc(C(C)(CO)Nc2cc(C)cc(F)c2)cc1. The van der Waals surface area contributed by atoms with Gasteiger partial charge in [0.05, 0.1) is 12.1 Å². The number of halogens is 1. The van der Waals surface area contributed by atoms with Crippen LogP contribution in [0.25, 0.3) is 0 Å². The summed E-state index contributed by atoms with van der Waals surface area (Å²) in [5.74, 6) is -0.281. The average molecular weight is 273 g/mol. The van der Waals surface area contributed by atoms with Gasteiger partial charge in [-0.25, -0.2) is 4.39 Å². The van der Waals surface area contributed by atoms with Gasteiger partial charge in [-0.3, -0.25) is 0 Å². The molecule has 2 aromatic rings. The molecule has 2 aromatic carbocycles. The van der Waals surface area contributed by atoms with E-state index in [0.29, 0.717) is 5.69 Å². The van der Waals surface area contributed by atoms with Crippen LogP contribution in [0.5, 0.6) is 0 Å². The van der Waals surface area contributed by atoms with Gasteiger partial charge in [0.2, 0.25) is 0 Å². The second-order valence-electron chi connectivity index (χ2n) is 5.50. The summed E-state index contributed by atoms with van der Waals surface area (Å²) in [7, 11) is 0. The molecule has 20 heavy (non-hydrogen) atoms. The molecule has 2 N–H and O–H groups in total. The molecule has 0 bridgehead atoms. The third kappa shape index (κ3) is 3.17. The van der Waals surface area contributed by atoms with Crippen molar-refractivity contribution in [2.24, 2.45) is 0 Å². The highest BCUT2D eigenvalue weighted by atomic mass is 19.1. The molecule has 2 rings (SSSR count). The smallest absolute Gasteiger partial charge is 0.125 e. The van der Waals surface area contributed by atoms with Crippen molar-refractivity contribution in [1.29, 1.82) is 0 Å². The second-order valence-corrected chi connectivity index (χ2v) is 5.50. The summed E-state index contributed by atoms with van der Waals surface area (Å²) in [5, 5.41) is 13.0. The third-order valence-electron chi connectivity index (χ3n) is 3.47. The minimum atomic E-state index is -0.645. The summed E-state index contributed by atoms with van der Waals surface area (Å²) >= 11 is 0. The highest BCUT2D eigenvalue weighted by molar-refractivity contribution is 5.50. The van der Waals surface area contributed by atoms with Gasteiger partial charge in [0.25, 0.3) is 0 Å². The maximum absolute atomic E-state index is 13.5. The molecule has 1 atom stereocenters. The fourth-order valence-corrected chi connectivity index (χ4v) is 2.25. The van der Waals surface area contributed by atoms with E-state index in [4.69, 9.17) is 0 Å². The Morgan fingerprint density at radius 1 is 1.05 bits per heavy atom. The Labute approximate surface area is 119 Å². The van der Waals surface area contributed by atoms with Crippen molar-refractivity contribution in [3.8, 4) is 0 Å². The molecule has 106 valence electrons. The summed E-state index contributed by atoms with van der Waals surface area (Å²) < 4.78 is 13.5. The number of aliphatic hydroxyl groups is 1. The van der Waals surface area contributed by atoms with E-state index in [2.05, 4.69) is 5.32 Å². The maximum atomic E-state index is 13.5. The molecular formula is C17H20FNO. The van der Waals surface area contributed by atoms with E-state index in [0.717, 1.165) is 16.7 Å². The molecule has 3 heteroatoms. The lowest BCUT2D eigenvalue weighted by atomic mass is 9.91. The maximum Gasteiger partial charge on any atom is 0.125 e. The van der Waals surface area contributed by atoms with Crippen LogP contribution >= 0.6 is 0 Å². The van der Waals surface area contributed by atoms with Crippen LogP contribution in [0, 0.1) is 19.7 Å². The van der Waals surface area contributed by atoms with Crippen LogP contribution < -0.4 is 5.32 Å². The molecule has 0 heterocycles. The molecule has 0 saturated carbocycles. The first kappa shape index (κ1) is 14.5. The minimum Gasteiger partial charge on any atom is -0.394 e. The normalized spacial score (nSPS) is 13.8. The lowest BCUT2D eigenvalue weighted by Gasteiger charge is -2.31. The number of nitrogens with one attached hydrogen (secondary N) is 1. The van der Waals surface area contributed by atoms with Crippen LogP contribution in [0.1, 0.15) is 23.6 Å². The summed E-state index contributed by atoms with van der Waals surface area (Å²) in [6.45, 7) is 5.68. The van der Waals surface area contributed by atoms with E-state index >= 15 is 0 Å². The molecule has 1 unspecified atom stereocenters. The fourth-order valence-electron chi connectivity index (χ4n) is 2.25. The molecule has 0 aromatic heterocycles. The zero-order chi connectivity index (χ0) is 14.8. The second kappa shape index (κ2) is 5.63. The predicted octanol–water partition coefficient (Wildman–Crippen LogP) is 3.76. The predicted molar refractivity (Wildman–Crippen MR) is 80.4 cm³/mol. The van der Waals surface area contributed by atoms with Crippen LogP contribution in [0.4, 0.5) is 10.1 Å². The molecule has 0 aliphatic rings. The van der Waals surface area contributed by atoms with Gasteiger partial charge in [0, 0.05) is 5.69 Å². The van der Waals surface area contributed by atoms with Crippen LogP contribution in [0.2, 0.25) is 0 Å². The monoisotopic (exact) mass is 273 g/mol. The zero-order valence-electron chi connectivity index (χ0n) is 12.1. The summed E-state index contributed by atoms with van der Waals surface area (Å²) in [6, 6.07) is 12.7. The van der Waals surface area contributed by atoms with Gasteiger partial charge in [-0.1, -0.05) is 29.8 Å². The molecule has 0 saturated heterocycles. The van der Waals surface area contributed by atoms with Crippen LogP contribution in [0.15, 0.2) is 42.5 Å². The molecule has 0 amide bonds. The standard InChI is InChI=1S/C17H20FNO/c1-12-4-6-14(7-5-12)17(3,11-20)19-16-9-13(2)8-15(18)10-16/h4-10,19-20H,11H2,1-3H3. The first-order chi connectivity index (χ1) is 9.43. The van der Waals surface area contributed by atoms with E-state index < -0.39 is 5.54 Å². The highest BCUT2D eigenvalue weighted by Gasteiger charge is 2.25. The first-order valence-corrected chi connectivity index (χ1v) is 6.66. The van der Waals surface area contributed by atoms with Crippen molar-refractivity contribution in [3.63, 3.8) is 0 Å². The lowest BCUT2D eigenvalue weighted by molar-refractivity contribution is 0.224. The summed E-state index contributed by atoms with van der Waals surface area (Å²) in [4.78, 5) is 0. The average Bonchev–Trinajstić information content (AvgIpc) is 2.38. The number of aryl methyl sites for hydroxylation is 2. The largest absolute Gasteiger partial charge is 0.394 e. The Kier molecular flexibility index (Phi) is 4.09. The van der Waals surface area contributed by atoms with E-state index in [1.54, 1.807) is 0 Å². The van der Waals surface area contributed by atoms with Crippen LogP contribution in [-0.4, -0.2) is 11.7 Å². The number of rotatable bonds is 4. The van der Waals surface area contributed by atoms with Crippen molar-refractivity contribution in [3.05, 3.63) is 65.0 Å². The molecule has 0 radical (unpaired) electrons. The number of hydrogen-bond acceptors (Lipinski definition) is 2. The van der Waals surface area contributed by atoms with Gasteiger partial charge < -0.3 is 10.4 Å². The highest BCUT2D eigenvalue weighted by Crippen LogP contribution is 2.27. The zero-order valence-corrected chi connectivity index (χ0v) is 12.1. The quantitative estimate of drug-likeness (QED) is 0.889. The molecular weight excluding hydrogens is 253 g/mol. The third-order valence-corrected chi connectivity index (χ3v) is 3.47. The van der Waals surface area contributed by atoms with Crippen molar-refractivity contribution in [2.45, 2.75) is 26.3 Å². The Morgan fingerprint density at radius 3 is 2.25 bits per heavy atom. The molecule has 0 aliphatic heterocycles. The van der Waals surface area contributed by atoms with Crippen LogP contribution in [0.3, 0.4) is 0 Å². The van der Waals surface area contributed by atoms with Gasteiger partial charge in [0.15, 0.2) is 0 Å². The molecule has 0 fully saturated rings. The molecule has 0 aliphatic carbocycles. The first-order valence-electron chi connectivity index (χ1n) is 6.66. The van der Waals surface area contributed by atoms with Crippen molar-refractivity contribution >= 4 is 5.69 Å². The number of hydrogen-bond donors (Lipinski definition) is 2. The van der Waals surface area contributed by atoms with E-state index in [1.807, 2.05) is 51.1 Å². The lowest BCUT2D eigenvalue weighted by Crippen LogP contribution is -2.35. The summed E-state index contributed by atoms with van der Waals surface area (Å²) in [6.07, 6.45) is 0. The van der Waals surface area contributed by atoms with E-state index in [-0.39, 0.29) is 12.4 Å². The van der Waals surface area contributed by atoms with Crippen molar-refractivity contribution < 1.29 is 9.50 Å². The van der Waals surface area contributed by atoms with Gasteiger partial charge in [0.1, 0.15) is 5.82 Å². The van der Waals surface area contributed by atoms with E-state index in [9.17, 15) is 9.50 Å². The summed E-state index contributed by atoms with van der Waals surface area (Å²) in [5.41, 5.74) is 2.99. The van der Waals surface area contributed by atoms with Gasteiger partial charge >= 0.3 is 0 Å². The fraction of sp³-hybridized carbons (Fsp3) is 0.294. The number of anilines is 1. The van der Waals surface area contributed by atoms with Crippen molar-refractivity contribution in [1.82, 2.24) is 0 Å². The Hall–Kier alpha value is -1.87. The van der Waals surface area contributed by atoms with Crippen LogP contribution in [-0.2, 0) is 5.54 Å². The van der Waals surface area contributed by atoms with Gasteiger partial charge in [-0.05, 0) is 50.1 Å². The van der Waals surface area contributed by atoms with E-state index in [1.165, 1.54) is 12.1 Å².